The van der Waals surface area contributed by atoms with Gasteiger partial charge in [0.15, 0.2) is 0 Å². The van der Waals surface area contributed by atoms with Crippen LogP contribution in [0.5, 0.6) is 0 Å². The topological polar surface area (TPSA) is 63.4 Å². The first kappa shape index (κ1) is 15.8. The van der Waals surface area contributed by atoms with Crippen molar-refractivity contribution in [3.05, 3.63) is 58.6 Å². The van der Waals surface area contributed by atoms with E-state index in [1.807, 2.05) is 0 Å². The van der Waals surface area contributed by atoms with Crippen LogP contribution in [0.25, 0.3) is 0 Å². The van der Waals surface area contributed by atoms with Crippen molar-refractivity contribution in [3.63, 3.8) is 0 Å². The Morgan fingerprint density at radius 1 is 1.14 bits per heavy atom. The van der Waals surface area contributed by atoms with E-state index in [0.717, 1.165) is 5.56 Å². The van der Waals surface area contributed by atoms with Crippen molar-refractivity contribution >= 4 is 27.3 Å². The molecule has 2 rings (SSSR count). The molecule has 0 radical (unpaired) electrons. The molecular weight excluding hydrogens is 308 g/mol. The summed E-state index contributed by atoms with van der Waals surface area (Å²) in [5.74, 6) is 0. The Kier molecular flexibility index (Phi) is 4.56. The van der Waals surface area contributed by atoms with Gasteiger partial charge in [0.05, 0.1) is 5.69 Å². The van der Waals surface area contributed by atoms with E-state index in [-0.39, 0.29) is 17.1 Å². The van der Waals surface area contributed by atoms with Gasteiger partial charge < -0.3 is 5.73 Å². The van der Waals surface area contributed by atoms with Crippen LogP contribution in [0, 0.1) is 6.92 Å². The number of anilines is 1. The lowest BCUT2D eigenvalue weighted by molar-refractivity contribution is 0.466. The molecule has 0 saturated heterocycles. The van der Waals surface area contributed by atoms with Gasteiger partial charge in [-0.05, 0) is 36.2 Å². The molecule has 0 saturated carbocycles. The average molecular weight is 325 g/mol. The maximum absolute atomic E-state index is 12.7. The van der Waals surface area contributed by atoms with E-state index in [1.54, 1.807) is 49.4 Å². The molecule has 0 spiro atoms. The molecule has 0 unspecified atom stereocenters. The van der Waals surface area contributed by atoms with Gasteiger partial charge in [0, 0.05) is 18.6 Å². The maximum Gasteiger partial charge on any atom is 0.245 e. The maximum atomic E-state index is 12.7. The van der Waals surface area contributed by atoms with E-state index in [1.165, 1.54) is 11.4 Å². The van der Waals surface area contributed by atoms with Crippen LogP contribution >= 0.6 is 11.6 Å². The van der Waals surface area contributed by atoms with E-state index in [0.29, 0.717) is 10.6 Å². The van der Waals surface area contributed by atoms with Crippen LogP contribution in [0.2, 0.25) is 5.02 Å². The zero-order valence-corrected chi connectivity index (χ0v) is 13.4. The highest BCUT2D eigenvalue weighted by Crippen LogP contribution is 2.26. The van der Waals surface area contributed by atoms with Gasteiger partial charge in [0.25, 0.3) is 0 Å². The smallest absolute Gasteiger partial charge is 0.245 e. The Morgan fingerprint density at radius 2 is 1.76 bits per heavy atom. The van der Waals surface area contributed by atoms with E-state index >= 15 is 0 Å². The van der Waals surface area contributed by atoms with Gasteiger partial charge >= 0.3 is 0 Å². The molecule has 112 valence electrons. The molecule has 0 heterocycles. The summed E-state index contributed by atoms with van der Waals surface area (Å²) in [4.78, 5) is 0.168. The lowest BCUT2D eigenvalue weighted by Gasteiger charge is -2.20. The predicted octanol–water partition coefficient (Wildman–Crippen LogP) is 3.05. The van der Waals surface area contributed by atoms with Crippen molar-refractivity contribution < 1.29 is 8.42 Å². The molecule has 2 aromatic carbocycles. The minimum Gasteiger partial charge on any atom is -0.398 e. The summed E-state index contributed by atoms with van der Waals surface area (Å²) in [5.41, 5.74) is 7.59. The number of nitrogens with zero attached hydrogens (tertiary/aromatic N) is 1. The van der Waals surface area contributed by atoms with E-state index in [9.17, 15) is 8.42 Å². The van der Waals surface area contributed by atoms with Crippen LogP contribution < -0.4 is 5.73 Å². The fraction of sp³-hybridized carbons (Fsp3) is 0.200. The monoisotopic (exact) mass is 324 g/mol. The summed E-state index contributed by atoms with van der Waals surface area (Å²) in [6, 6.07) is 12.1. The molecule has 0 aliphatic heterocycles. The molecule has 0 aromatic heterocycles. The molecule has 0 amide bonds. The molecule has 2 aromatic rings. The van der Waals surface area contributed by atoms with Gasteiger partial charge in [-0.3, -0.25) is 0 Å². The molecule has 21 heavy (non-hydrogen) atoms. The minimum atomic E-state index is -3.63. The molecule has 0 fully saturated rings. The Bertz CT molecular complexity index is 723. The Balaban J connectivity index is 2.33. The third-order valence-corrected chi connectivity index (χ3v) is 5.50. The molecule has 0 bridgehead atoms. The zero-order chi connectivity index (χ0) is 15.6. The summed E-state index contributed by atoms with van der Waals surface area (Å²) in [5, 5.41) is 0.618. The van der Waals surface area contributed by atoms with E-state index in [2.05, 4.69) is 0 Å². The van der Waals surface area contributed by atoms with E-state index in [4.69, 9.17) is 17.3 Å². The first-order valence-electron chi connectivity index (χ1n) is 6.38. The van der Waals surface area contributed by atoms with E-state index < -0.39 is 10.0 Å². The lowest BCUT2D eigenvalue weighted by Crippen LogP contribution is -2.27. The largest absolute Gasteiger partial charge is 0.398 e. The van der Waals surface area contributed by atoms with Crippen LogP contribution in [0.4, 0.5) is 5.69 Å². The van der Waals surface area contributed by atoms with Crippen molar-refractivity contribution in [3.8, 4) is 0 Å². The van der Waals surface area contributed by atoms with Gasteiger partial charge in [0.1, 0.15) is 4.90 Å². The number of benzene rings is 2. The second-order valence-electron chi connectivity index (χ2n) is 4.88. The molecular formula is C15H17ClN2O2S. The third-order valence-electron chi connectivity index (χ3n) is 3.23. The molecule has 6 heteroatoms. The lowest BCUT2D eigenvalue weighted by atomic mass is 10.2. The summed E-state index contributed by atoms with van der Waals surface area (Å²) in [6.45, 7) is 1.99. The highest BCUT2D eigenvalue weighted by atomic mass is 35.5. The number of hydrogen-bond acceptors (Lipinski definition) is 3. The molecule has 2 N–H and O–H groups in total. The van der Waals surface area contributed by atoms with Crippen molar-refractivity contribution in [1.29, 1.82) is 0 Å². The average Bonchev–Trinajstić information content (AvgIpc) is 2.40. The Labute approximate surface area is 130 Å². The number of hydrogen-bond donors (Lipinski definition) is 1. The fourth-order valence-electron chi connectivity index (χ4n) is 2.12. The van der Waals surface area contributed by atoms with Crippen molar-refractivity contribution in [2.75, 3.05) is 12.8 Å². The van der Waals surface area contributed by atoms with Crippen molar-refractivity contribution in [1.82, 2.24) is 4.31 Å². The highest BCUT2D eigenvalue weighted by Gasteiger charge is 2.25. The van der Waals surface area contributed by atoms with Gasteiger partial charge in [-0.15, -0.1) is 0 Å². The summed E-state index contributed by atoms with van der Waals surface area (Å²) < 4.78 is 26.6. The van der Waals surface area contributed by atoms with Gasteiger partial charge in [-0.2, -0.15) is 4.31 Å². The number of nitrogen functional groups attached to an aromatic ring is 1. The standard InChI is InChI=1S/C15H17ClN2O2S/c1-11-4-3-5-14(17)15(11)21(19,20)18(2)10-12-6-8-13(16)9-7-12/h3-9H,10,17H2,1-2H3. The van der Waals surface area contributed by atoms with Crippen molar-refractivity contribution in [2.45, 2.75) is 18.4 Å². The van der Waals surface area contributed by atoms with Gasteiger partial charge in [0.2, 0.25) is 10.0 Å². The Hall–Kier alpha value is -1.56. The first-order chi connectivity index (χ1) is 9.82. The third kappa shape index (κ3) is 3.37. The second-order valence-corrected chi connectivity index (χ2v) is 7.30. The van der Waals surface area contributed by atoms with Crippen LogP contribution in [-0.2, 0) is 16.6 Å². The number of rotatable bonds is 4. The number of sulfonamides is 1. The minimum absolute atomic E-state index is 0.168. The molecule has 4 nitrogen and oxygen atoms in total. The summed E-state index contributed by atoms with van der Waals surface area (Å²) in [7, 11) is -2.10. The summed E-state index contributed by atoms with van der Waals surface area (Å²) in [6.07, 6.45) is 0. The first-order valence-corrected chi connectivity index (χ1v) is 8.20. The van der Waals surface area contributed by atoms with Gasteiger partial charge in [-0.25, -0.2) is 8.42 Å². The fourth-order valence-corrected chi connectivity index (χ4v) is 3.71. The SMILES string of the molecule is Cc1cccc(N)c1S(=O)(=O)N(C)Cc1ccc(Cl)cc1. The Morgan fingerprint density at radius 3 is 2.33 bits per heavy atom. The number of halogens is 1. The van der Waals surface area contributed by atoms with Crippen LogP contribution in [0.15, 0.2) is 47.4 Å². The molecule has 0 aliphatic carbocycles. The molecule has 0 atom stereocenters. The quantitative estimate of drug-likeness (QED) is 0.879. The number of nitrogens with two attached hydrogens (primary N) is 1. The zero-order valence-electron chi connectivity index (χ0n) is 11.9. The van der Waals surface area contributed by atoms with Crippen LogP contribution in [-0.4, -0.2) is 19.8 Å². The predicted molar refractivity (Wildman–Crippen MR) is 85.7 cm³/mol. The highest BCUT2D eigenvalue weighted by molar-refractivity contribution is 7.89. The second kappa shape index (κ2) is 6.05. The summed E-state index contributed by atoms with van der Waals surface area (Å²) >= 11 is 5.83. The molecule has 0 aliphatic rings. The normalized spacial score (nSPS) is 11.8. The van der Waals surface area contributed by atoms with Crippen LogP contribution in [0.3, 0.4) is 0 Å². The number of aryl methyl sites for hydroxylation is 1. The van der Waals surface area contributed by atoms with Crippen molar-refractivity contribution in [2.24, 2.45) is 0 Å². The van der Waals surface area contributed by atoms with Gasteiger partial charge in [-0.1, -0.05) is 35.9 Å². The van der Waals surface area contributed by atoms with Crippen LogP contribution in [0.1, 0.15) is 11.1 Å².